The summed E-state index contributed by atoms with van der Waals surface area (Å²) in [7, 11) is -3.56. The predicted octanol–water partition coefficient (Wildman–Crippen LogP) is 3.59. The number of fused-ring (bicyclic) bond motifs is 1. The third kappa shape index (κ3) is 4.49. The molecule has 0 aliphatic carbocycles. The van der Waals surface area contributed by atoms with Gasteiger partial charge in [0.05, 0.1) is 22.6 Å². The van der Waals surface area contributed by atoms with E-state index in [0.29, 0.717) is 16.5 Å². The van der Waals surface area contributed by atoms with Crippen molar-refractivity contribution in [2.45, 2.75) is 24.8 Å². The van der Waals surface area contributed by atoms with Crippen molar-refractivity contribution in [3.63, 3.8) is 0 Å². The summed E-state index contributed by atoms with van der Waals surface area (Å²) >= 11 is 0. The number of ether oxygens (including phenoxy) is 1. The topological polar surface area (TPSA) is 73.3 Å². The molecule has 27 heavy (non-hydrogen) atoms. The monoisotopic (exact) mass is 387 g/mol. The van der Waals surface area contributed by atoms with E-state index in [0.717, 1.165) is 5.56 Å². The number of carbonyl (C=O) groups is 1. The number of esters is 1. The first kappa shape index (κ1) is 19.0. The molecular formula is C20H18FNO4S. The Balaban J connectivity index is 1.62. The quantitative estimate of drug-likeness (QED) is 0.605. The number of sulfone groups is 1. The van der Waals surface area contributed by atoms with Gasteiger partial charge in [0.2, 0.25) is 0 Å². The van der Waals surface area contributed by atoms with Gasteiger partial charge in [0.1, 0.15) is 12.4 Å². The minimum atomic E-state index is -3.56. The first-order chi connectivity index (χ1) is 12.9. The molecule has 0 unspecified atom stereocenters. The summed E-state index contributed by atoms with van der Waals surface area (Å²) < 4.78 is 43.5. The van der Waals surface area contributed by atoms with E-state index >= 15 is 0 Å². The van der Waals surface area contributed by atoms with Gasteiger partial charge < -0.3 is 4.74 Å². The molecule has 0 saturated carbocycles. The maximum Gasteiger partial charge on any atom is 0.307 e. The van der Waals surface area contributed by atoms with Crippen LogP contribution >= 0.6 is 0 Å². The lowest BCUT2D eigenvalue weighted by molar-refractivity contribution is -0.144. The number of hydrogen-bond acceptors (Lipinski definition) is 5. The number of aromatic nitrogens is 1. The van der Waals surface area contributed by atoms with E-state index in [1.165, 1.54) is 30.5 Å². The van der Waals surface area contributed by atoms with Crippen LogP contribution in [0.15, 0.2) is 59.6 Å². The average Bonchev–Trinajstić information content (AvgIpc) is 2.66. The summed E-state index contributed by atoms with van der Waals surface area (Å²) in [6.07, 6.45) is 1.27. The van der Waals surface area contributed by atoms with Gasteiger partial charge in [-0.25, -0.2) is 12.8 Å². The van der Waals surface area contributed by atoms with Gasteiger partial charge >= 0.3 is 5.97 Å². The van der Waals surface area contributed by atoms with Gasteiger partial charge in [-0.15, -0.1) is 0 Å². The molecule has 1 heterocycles. The van der Waals surface area contributed by atoms with Crippen molar-refractivity contribution in [2.75, 3.05) is 5.75 Å². The molecule has 3 aromatic rings. The van der Waals surface area contributed by atoms with Crippen molar-refractivity contribution < 1.29 is 22.3 Å². The van der Waals surface area contributed by atoms with Crippen molar-refractivity contribution in [3.05, 3.63) is 71.7 Å². The SMILES string of the molecule is Cc1ccc(S(=O)(=O)CCC(=O)OCc2ccc(F)c3cccnc23)cc1. The van der Waals surface area contributed by atoms with Gasteiger partial charge in [-0.2, -0.15) is 0 Å². The number of halogens is 1. The van der Waals surface area contributed by atoms with E-state index in [-0.39, 0.29) is 23.7 Å². The highest BCUT2D eigenvalue weighted by Gasteiger charge is 2.17. The lowest BCUT2D eigenvalue weighted by Gasteiger charge is -2.08. The Morgan fingerprint density at radius 2 is 1.85 bits per heavy atom. The summed E-state index contributed by atoms with van der Waals surface area (Å²) in [6, 6.07) is 12.5. The van der Waals surface area contributed by atoms with Gasteiger partial charge in [0.15, 0.2) is 9.84 Å². The van der Waals surface area contributed by atoms with E-state index in [1.54, 1.807) is 24.3 Å². The van der Waals surface area contributed by atoms with Crippen LogP contribution in [0.4, 0.5) is 4.39 Å². The fraction of sp³-hybridized carbons (Fsp3) is 0.200. The van der Waals surface area contributed by atoms with E-state index in [4.69, 9.17) is 4.74 Å². The van der Waals surface area contributed by atoms with Crippen LogP contribution in [-0.4, -0.2) is 25.1 Å². The normalized spacial score (nSPS) is 11.5. The van der Waals surface area contributed by atoms with Gasteiger partial charge in [-0.1, -0.05) is 23.8 Å². The van der Waals surface area contributed by atoms with Crippen LogP contribution in [0.5, 0.6) is 0 Å². The zero-order chi connectivity index (χ0) is 19.4. The second kappa shape index (κ2) is 7.84. The second-order valence-electron chi connectivity index (χ2n) is 6.15. The lowest BCUT2D eigenvalue weighted by atomic mass is 10.1. The second-order valence-corrected chi connectivity index (χ2v) is 8.26. The molecule has 1 aromatic heterocycles. The van der Waals surface area contributed by atoms with Crippen LogP contribution in [-0.2, 0) is 26.0 Å². The summed E-state index contributed by atoms with van der Waals surface area (Å²) in [4.78, 5) is 16.3. The standard InChI is InChI=1S/C20H18FNO4S/c1-14-4-7-16(8-5-14)27(24,25)12-10-19(23)26-13-15-6-9-18(21)17-3-2-11-22-20(15)17/h2-9,11H,10,12-13H2,1H3. The molecule has 0 N–H and O–H groups in total. The van der Waals surface area contributed by atoms with Gasteiger partial charge in [0, 0.05) is 17.1 Å². The summed E-state index contributed by atoms with van der Waals surface area (Å²) in [6.45, 7) is 1.76. The average molecular weight is 387 g/mol. The Labute approximate surface area is 156 Å². The van der Waals surface area contributed by atoms with Crippen LogP contribution in [0.25, 0.3) is 10.9 Å². The zero-order valence-electron chi connectivity index (χ0n) is 14.7. The van der Waals surface area contributed by atoms with Gasteiger partial charge in [0.25, 0.3) is 0 Å². The number of benzene rings is 2. The minimum absolute atomic E-state index is 0.1000. The van der Waals surface area contributed by atoms with Crippen LogP contribution in [0.3, 0.4) is 0 Å². The number of aryl methyl sites for hydroxylation is 1. The number of rotatable bonds is 6. The molecular weight excluding hydrogens is 369 g/mol. The van der Waals surface area contributed by atoms with Crippen molar-refractivity contribution in [2.24, 2.45) is 0 Å². The lowest BCUT2D eigenvalue weighted by Crippen LogP contribution is -2.13. The van der Waals surface area contributed by atoms with Crippen LogP contribution in [0.2, 0.25) is 0 Å². The van der Waals surface area contributed by atoms with E-state index in [1.807, 2.05) is 6.92 Å². The molecule has 0 saturated heterocycles. The third-order valence-electron chi connectivity index (χ3n) is 4.14. The molecule has 0 aliphatic heterocycles. The third-order valence-corrected chi connectivity index (χ3v) is 5.88. The highest BCUT2D eigenvalue weighted by molar-refractivity contribution is 7.91. The van der Waals surface area contributed by atoms with E-state index in [2.05, 4.69) is 4.98 Å². The van der Waals surface area contributed by atoms with Crippen molar-refractivity contribution in [1.82, 2.24) is 4.98 Å². The zero-order valence-corrected chi connectivity index (χ0v) is 15.5. The van der Waals surface area contributed by atoms with Gasteiger partial charge in [-0.05, 0) is 37.3 Å². The summed E-state index contributed by atoms with van der Waals surface area (Å²) in [5, 5.41) is 0.341. The highest BCUT2D eigenvalue weighted by Crippen LogP contribution is 2.20. The molecule has 0 atom stereocenters. The largest absolute Gasteiger partial charge is 0.461 e. The van der Waals surface area contributed by atoms with Crippen molar-refractivity contribution in [1.29, 1.82) is 0 Å². The Morgan fingerprint density at radius 3 is 2.59 bits per heavy atom. The van der Waals surface area contributed by atoms with E-state index < -0.39 is 21.6 Å². The van der Waals surface area contributed by atoms with Crippen LogP contribution in [0, 0.1) is 12.7 Å². The molecule has 0 spiro atoms. The molecule has 7 heteroatoms. The molecule has 140 valence electrons. The molecule has 0 amide bonds. The fourth-order valence-corrected chi connectivity index (χ4v) is 3.85. The van der Waals surface area contributed by atoms with E-state index in [9.17, 15) is 17.6 Å². The van der Waals surface area contributed by atoms with Crippen LogP contribution in [0.1, 0.15) is 17.5 Å². The Bertz CT molecular complexity index is 1080. The number of pyridine rings is 1. The van der Waals surface area contributed by atoms with Crippen molar-refractivity contribution >= 4 is 26.7 Å². The molecule has 2 aromatic carbocycles. The first-order valence-corrected chi connectivity index (χ1v) is 9.99. The predicted molar refractivity (Wildman–Crippen MR) is 99.3 cm³/mol. The van der Waals surface area contributed by atoms with Crippen LogP contribution < -0.4 is 0 Å². The minimum Gasteiger partial charge on any atom is -0.461 e. The Morgan fingerprint density at radius 1 is 1.11 bits per heavy atom. The smallest absolute Gasteiger partial charge is 0.307 e. The fourth-order valence-electron chi connectivity index (χ4n) is 2.62. The molecule has 0 radical (unpaired) electrons. The van der Waals surface area contributed by atoms with Crippen molar-refractivity contribution in [3.8, 4) is 0 Å². The molecule has 0 fully saturated rings. The first-order valence-electron chi connectivity index (χ1n) is 8.34. The molecule has 0 bridgehead atoms. The number of hydrogen-bond donors (Lipinski definition) is 0. The molecule has 5 nitrogen and oxygen atoms in total. The summed E-state index contributed by atoms with van der Waals surface area (Å²) in [5.41, 5.74) is 1.92. The highest BCUT2D eigenvalue weighted by atomic mass is 32.2. The Hall–Kier alpha value is -2.80. The number of carbonyl (C=O) groups excluding carboxylic acids is 1. The number of nitrogens with zero attached hydrogens (tertiary/aromatic N) is 1. The summed E-state index contributed by atoms with van der Waals surface area (Å²) in [5.74, 6) is -1.38. The van der Waals surface area contributed by atoms with Gasteiger partial charge in [-0.3, -0.25) is 9.78 Å². The molecule has 0 aliphatic rings. The Kier molecular flexibility index (Phi) is 5.51. The maximum absolute atomic E-state index is 13.8. The maximum atomic E-state index is 13.8. The molecule has 3 rings (SSSR count).